The summed E-state index contributed by atoms with van der Waals surface area (Å²) >= 11 is 7.66. The largest absolute Gasteiger partial charge is 0.347 e. The van der Waals surface area contributed by atoms with Crippen molar-refractivity contribution < 1.29 is 8.42 Å². The summed E-state index contributed by atoms with van der Waals surface area (Å²) in [6, 6.07) is 10.4. The maximum atomic E-state index is 12.1. The second kappa shape index (κ2) is 6.09. The minimum Gasteiger partial charge on any atom is -0.347 e. The van der Waals surface area contributed by atoms with E-state index in [-0.39, 0.29) is 11.7 Å². The Kier molecular flexibility index (Phi) is 4.25. The minimum absolute atomic E-state index is 0.163. The van der Waals surface area contributed by atoms with E-state index < -0.39 is 16.1 Å². The molecule has 0 unspecified atom stereocenters. The van der Waals surface area contributed by atoms with Crippen molar-refractivity contribution in [2.75, 3.05) is 12.8 Å². The first kappa shape index (κ1) is 16.8. The summed E-state index contributed by atoms with van der Waals surface area (Å²) in [5.41, 5.74) is 1.39. The third-order valence-electron chi connectivity index (χ3n) is 3.73. The van der Waals surface area contributed by atoms with Gasteiger partial charge in [-0.15, -0.1) is 11.3 Å². The number of hydrogen-bond acceptors (Lipinski definition) is 5. The van der Waals surface area contributed by atoms with E-state index in [1.807, 2.05) is 6.07 Å². The Morgan fingerprint density at radius 3 is 2.88 bits per heavy atom. The molecular weight excluding hydrogens is 368 g/mol. The van der Waals surface area contributed by atoms with Gasteiger partial charge in [0.1, 0.15) is 0 Å². The number of nitrogens with one attached hydrogen (secondary N) is 2. The number of nitriles is 1. The van der Waals surface area contributed by atoms with Crippen molar-refractivity contribution >= 4 is 38.9 Å². The van der Waals surface area contributed by atoms with Gasteiger partial charge < -0.3 is 5.32 Å². The highest BCUT2D eigenvalue weighted by Gasteiger charge is 2.35. The van der Waals surface area contributed by atoms with Crippen LogP contribution >= 0.6 is 22.9 Å². The van der Waals surface area contributed by atoms with E-state index in [1.165, 1.54) is 18.4 Å². The molecule has 1 atom stereocenters. The van der Waals surface area contributed by atoms with E-state index >= 15 is 0 Å². The highest BCUT2D eigenvalue weighted by atomic mass is 35.5. The highest BCUT2D eigenvalue weighted by molar-refractivity contribution is 7.89. The number of benzene rings is 1. The second-order valence-corrected chi connectivity index (χ2v) is 8.84. The number of halogens is 1. The molecule has 6 nitrogen and oxygen atoms in total. The van der Waals surface area contributed by atoms with Crippen LogP contribution in [0.1, 0.15) is 16.5 Å². The zero-order valence-electron chi connectivity index (χ0n) is 12.6. The van der Waals surface area contributed by atoms with Crippen molar-refractivity contribution in [2.24, 2.45) is 0 Å². The topological polar surface area (TPSA) is 97.1 Å². The predicted octanol–water partition coefficient (Wildman–Crippen LogP) is 2.78. The summed E-state index contributed by atoms with van der Waals surface area (Å²) in [4.78, 5) is 1.51. The molecule has 1 aromatic heterocycles. The summed E-state index contributed by atoms with van der Waals surface area (Å²) in [6.45, 7) is 0. The van der Waals surface area contributed by atoms with Gasteiger partial charge >= 0.3 is 0 Å². The number of sulfonamides is 1. The normalized spacial score (nSPS) is 19.6. The highest BCUT2D eigenvalue weighted by Crippen LogP contribution is 2.39. The predicted molar refractivity (Wildman–Crippen MR) is 94.6 cm³/mol. The molecule has 1 fully saturated rings. The molecule has 9 heteroatoms. The summed E-state index contributed by atoms with van der Waals surface area (Å²) in [5.74, 6) is -0.340. The SMILES string of the molecule is CN1C(=N)N[C@H](c2sc(-c3cccc(C#N)c3)cc2Cl)CS1(=O)=O. The fraction of sp³-hybridized carbons (Fsp3) is 0.200. The number of nitrogens with zero attached hydrogens (tertiary/aromatic N) is 2. The summed E-state index contributed by atoms with van der Waals surface area (Å²) < 4.78 is 25.2. The first-order valence-electron chi connectivity index (χ1n) is 6.93. The molecule has 1 aliphatic heterocycles. The van der Waals surface area contributed by atoms with E-state index in [1.54, 1.807) is 24.3 Å². The third kappa shape index (κ3) is 2.98. The molecular formula is C15H13ClN4O2S2. The zero-order chi connectivity index (χ0) is 17.5. The Morgan fingerprint density at radius 2 is 2.21 bits per heavy atom. The zero-order valence-corrected chi connectivity index (χ0v) is 15.0. The molecule has 1 aliphatic rings. The molecule has 3 rings (SSSR count). The monoisotopic (exact) mass is 380 g/mol. The molecule has 0 amide bonds. The van der Waals surface area contributed by atoms with Gasteiger partial charge in [-0.1, -0.05) is 23.7 Å². The van der Waals surface area contributed by atoms with Crippen molar-refractivity contribution in [1.29, 1.82) is 10.7 Å². The van der Waals surface area contributed by atoms with Gasteiger partial charge in [0.15, 0.2) is 0 Å². The first-order valence-corrected chi connectivity index (χ1v) is 9.73. The van der Waals surface area contributed by atoms with Crippen molar-refractivity contribution in [1.82, 2.24) is 9.62 Å². The van der Waals surface area contributed by atoms with Gasteiger partial charge in [0, 0.05) is 16.8 Å². The van der Waals surface area contributed by atoms with Crippen LogP contribution in [0, 0.1) is 16.7 Å². The van der Waals surface area contributed by atoms with Gasteiger partial charge in [-0.2, -0.15) is 5.26 Å². The van der Waals surface area contributed by atoms with E-state index in [2.05, 4.69) is 11.4 Å². The average molecular weight is 381 g/mol. The van der Waals surface area contributed by atoms with Crippen LogP contribution < -0.4 is 5.32 Å². The fourth-order valence-electron chi connectivity index (χ4n) is 2.41. The number of rotatable bonds is 2. The van der Waals surface area contributed by atoms with Crippen LogP contribution in [0.2, 0.25) is 5.02 Å². The molecule has 0 aliphatic carbocycles. The van der Waals surface area contributed by atoms with Gasteiger partial charge in [-0.05, 0) is 23.8 Å². The molecule has 2 aromatic rings. The molecule has 0 bridgehead atoms. The van der Waals surface area contributed by atoms with Gasteiger partial charge in [0.25, 0.3) is 0 Å². The van der Waals surface area contributed by atoms with Crippen LogP contribution in [-0.4, -0.2) is 31.5 Å². The lowest BCUT2D eigenvalue weighted by molar-refractivity contribution is 0.508. The molecule has 1 aromatic carbocycles. The van der Waals surface area contributed by atoms with E-state index in [9.17, 15) is 8.42 Å². The number of thiophene rings is 1. The van der Waals surface area contributed by atoms with Crippen LogP contribution in [0.5, 0.6) is 0 Å². The summed E-state index contributed by atoms with van der Waals surface area (Å²) in [6.07, 6.45) is 0. The Bertz CT molecular complexity index is 962. The van der Waals surface area contributed by atoms with Crippen LogP contribution in [0.4, 0.5) is 0 Å². The molecule has 0 spiro atoms. The van der Waals surface area contributed by atoms with Crippen LogP contribution in [0.25, 0.3) is 10.4 Å². The van der Waals surface area contributed by atoms with Crippen LogP contribution in [0.3, 0.4) is 0 Å². The Balaban J connectivity index is 1.98. The van der Waals surface area contributed by atoms with Crippen LogP contribution in [0.15, 0.2) is 30.3 Å². The lowest BCUT2D eigenvalue weighted by Gasteiger charge is -2.31. The Labute approximate surface area is 148 Å². The Hall–Kier alpha value is -2.08. The van der Waals surface area contributed by atoms with Crippen molar-refractivity contribution in [3.05, 3.63) is 45.8 Å². The summed E-state index contributed by atoms with van der Waals surface area (Å²) in [7, 11) is -2.20. The average Bonchev–Trinajstić information content (AvgIpc) is 2.94. The lowest BCUT2D eigenvalue weighted by atomic mass is 10.1. The van der Waals surface area contributed by atoms with Crippen molar-refractivity contribution in [3.8, 4) is 16.5 Å². The Morgan fingerprint density at radius 1 is 1.46 bits per heavy atom. The van der Waals surface area contributed by atoms with Crippen molar-refractivity contribution in [3.63, 3.8) is 0 Å². The fourth-order valence-corrected chi connectivity index (χ4v) is 5.26. The maximum Gasteiger partial charge on any atom is 0.239 e. The molecule has 1 saturated heterocycles. The molecule has 0 saturated carbocycles. The molecule has 24 heavy (non-hydrogen) atoms. The first-order chi connectivity index (χ1) is 11.3. The van der Waals surface area contributed by atoms with E-state index in [0.29, 0.717) is 15.5 Å². The van der Waals surface area contributed by atoms with E-state index in [0.717, 1.165) is 14.7 Å². The van der Waals surface area contributed by atoms with Gasteiger partial charge in [0.2, 0.25) is 16.0 Å². The maximum absolute atomic E-state index is 12.1. The molecule has 0 radical (unpaired) electrons. The van der Waals surface area contributed by atoms with Crippen molar-refractivity contribution in [2.45, 2.75) is 6.04 Å². The second-order valence-electron chi connectivity index (χ2n) is 5.31. The minimum atomic E-state index is -3.54. The van der Waals surface area contributed by atoms with Gasteiger partial charge in [0.05, 0.1) is 28.5 Å². The molecule has 2 N–H and O–H groups in total. The van der Waals surface area contributed by atoms with Gasteiger partial charge in [-0.3, -0.25) is 5.41 Å². The van der Waals surface area contributed by atoms with Gasteiger partial charge in [-0.25, -0.2) is 12.7 Å². The standard InChI is InChI=1S/C15H13ClN4O2S2/c1-20-15(18)19-12(8-24(20,21)22)14-11(16)6-13(23-14)10-4-2-3-9(5-10)7-17/h2-6,12H,8H2,1H3,(H2,18,19)/t12-/m0/s1. The lowest BCUT2D eigenvalue weighted by Crippen LogP contribution is -2.51. The quantitative estimate of drug-likeness (QED) is 0.837. The smallest absolute Gasteiger partial charge is 0.239 e. The molecule has 2 heterocycles. The van der Waals surface area contributed by atoms with Crippen LogP contribution in [-0.2, 0) is 10.0 Å². The van der Waals surface area contributed by atoms with E-state index in [4.69, 9.17) is 22.3 Å². The summed E-state index contributed by atoms with van der Waals surface area (Å²) in [5, 5.41) is 20.1. The number of hydrogen-bond donors (Lipinski definition) is 2. The molecule has 124 valence electrons. The number of guanidine groups is 1. The third-order valence-corrected chi connectivity index (χ3v) is 7.22.